The molecule has 1 aliphatic rings. The number of nitrogen functional groups attached to an aromatic ring is 1. The summed E-state index contributed by atoms with van der Waals surface area (Å²) in [6, 6.07) is 24.9. The molecule has 3 atom stereocenters. The van der Waals surface area contributed by atoms with Gasteiger partial charge in [-0.3, -0.25) is 9.59 Å². The Balaban J connectivity index is 1.37. The van der Waals surface area contributed by atoms with E-state index in [1.54, 1.807) is 4.90 Å². The van der Waals surface area contributed by atoms with Crippen LogP contribution in [0.25, 0.3) is 0 Å². The van der Waals surface area contributed by atoms with Gasteiger partial charge in [0.1, 0.15) is 0 Å². The van der Waals surface area contributed by atoms with Crippen LogP contribution in [-0.2, 0) is 16.0 Å². The highest BCUT2D eigenvalue weighted by atomic mass is 16.5. The molecule has 3 aromatic carbocycles. The molecule has 0 spiro atoms. The number of hydrogen-bond donors (Lipinski definition) is 3. The first-order valence-corrected chi connectivity index (χ1v) is 13.4. The number of benzene rings is 3. The summed E-state index contributed by atoms with van der Waals surface area (Å²) < 4.78 is 5.33. The minimum Gasteiger partial charge on any atom is -0.399 e. The third kappa shape index (κ3) is 7.21. The third-order valence-electron chi connectivity index (χ3n) is 7.19. The monoisotopic (exact) mass is 514 g/mol. The normalized spacial score (nSPS) is 15.9. The van der Waals surface area contributed by atoms with Crippen LogP contribution in [0.5, 0.6) is 0 Å². The van der Waals surface area contributed by atoms with Gasteiger partial charge in [0.25, 0.3) is 5.91 Å². The number of morpholine rings is 1. The van der Waals surface area contributed by atoms with Gasteiger partial charge >= 0.3 is 0 Å². The number of anilines is 1. The SMILES string of the molecule is CCC(CC(c1ccccc1)c1ccc(N)cc1)NC(=O)[C@@H](N)Cc1ccc(C(=O)N2CCOCC2)cc1. The zero-order valence-corrected chi connectivity index (χ0v) is 22.0. The topological polar surface area (TPSA) is 111 Å². The molecular formula is C31H38N4O3. The van der Waals surface area contributed by atoms with Crippen LogP contribution in [-0.4, -0.2) is 55.1 Å². The molecule has 1 fully saturated rings. The van der Waals surface area contributed by atoms with Crippen LogP contribution in [0.3, 0.4) is 0 Å². The molecule has 0 saturated carbocycles. The van der Waals surface area contributed by atoms with Gasteiger partial charge in [0.15, 0.2) is 0 Å². The van der Waals surface area contributed by atoms with E-state index in [9.17, 15) is 9.59 Å². The first-order valence-electron chi connectivity index (χ1n) is 13.4. The van der Waals surface area contributed by atoms with Crippen molar-refractivity contribution in [2.24, 2.45) is 5.73 Å². The molecule has 200 valence electrons. The standard InChI is InChI=1S/C31H38N4O3/c1-2-27(21-28(23-6-4-3-5-7-23)24-12-14-26(32)15-13-24)34-30(36)29(33)20-22-8-10-25(11-9-22)31(37)35-16-18-38-19-17-35/h3-15,27-29H,2,16-21,32-33H2,1H3,(H,34,36)/t27?,28?,29-/m0/s1. The number of carbonyl (C=O) groups excluding carboxylic acids is 2. The lowest BCUT2D eigenvalue weighted by molar-refractivity contribution is -0.123. The quantitative estimate of drug-likeness (QED) is 0.357. The summed E-state index contributed by atoms with van der Waals surface area (Å²) in [6.45, 7) is 4.42. The van der Waals surface area contributed by atoms with Gasteiger partial charge in [0, 0.05) is 36.3 Å². The van der Waals surface area contributed by atoms with E-state index in [1.807, 2.05) is 54.6 Å². The number of hydrogen-bond acceptors (Lipinski definition) is 5. The van der Waals surface area contributed by atoms with E-state index in [2.05, 4.69) is 36.5 Å². The number of amides is 2. The fraction of sp³-hybridized carbons (Fsp3) is 0.355. The van der Waals surface area contributed by atoms with E-state index >= 15 is 0 Å². The fourth-order valence-electron chi connectivity index (χ4n) is 4.88. The average molecular weight is 515 g/mol. The number of nitrogens with one attached hydrogen (secondary N) is 1. The van der Waals surface area contributed by atoms with E-state index in [-0.39, 0.29) is 23.8 Å². The van der Waals surface area contributed by atoms with E-state index in [1.165, 1.54) is 5.56 Å². The molecule has 0 aliphatic carbocycles. The average Bonchev–Trinajstić information content (AvgIpc) is 2.96. The molecule has 0 radical (unpaired) electrons. The Bertz CT molecular complexity index is 1180. The number of nitrogens with zero attached hydrogens (tertiary/aromatic N) is 1. The highest BCUT2D eigenvalue weighted by Gasteiger charge is 2.23. The molecule has 4 rings (SSSR count). The van der Waals surface area contributed by atoms with Gasteiger partial charge in [-0.15, -0.1) is 0 Å². The van der Waals surface area contributed by atoms with Gasteiger partial charge in [-0.25, -0.2) is 0 Å². The fourth-order valence-corrected chi connectivity index (χ4v) is 4.88. The molecule has 0 bridgehead atoms. The molecule has 3 aromatic rings. The van der Waals surface area contributed by atoms with Crippen molar-refractivity contribution in [2.75, 3.05) is 32.0 Å². The summed E-state index contributed by atoms with van der Waals surface area (Å²) in [5.41, 5.74) is 16.9. The minimum absolute atomic E-state index is 0.00162. The van der Waals surface area contributed by atoms with Gasteiger partial charge in [-0.2, -0.15) is 0 Å². The second-order valence-electron chi connectivity index (χ2n) is 9.89. The Morgan fingerprint density at radius 2 is 1.55 bits per heavy atom. The van der Waals surface area contributed by atoms with Gasteiger partial charge in [0.05, 0.1) is 19.3 Å². The van der Waals surface area contributed by atoms with Crippen molar-refractivity contribution in [3.63, 3.8) is 0 Å². The second kappa shape index (κ2) is 13.2. The Morgan fingerprint density at radius 1 is 0.921 bits per heavy atom. The van der Waals surface area contributed by atoms with E-state index < -0.39 is 6.04 Å². The van der Waals surface area contributed by atoms with Crippen LogP contribution in [0.15, 0.2) is 78.9 Å². The molecule has 2 unspecified atom stereocenters. The molecule has 1 saturated heterocycles. The summed E-state index contributed by atoms with van der Waals surface area (Å²) >= 11 is 0. The molecule has 7 heteroatoms. The van der Waals surface area contributed by atoms with Crippen molar-refractivity contribution in [3.05, 3.63) is 101 Å². The van der Waals surface area contributed by atoms with Gasteiger partial charge in [-0.1, -0.05) is 61.5 Å². The maximum Gasteiger partial charge on any atom is 0.254 e. The minimum atomic E-state index is -0.684. The lowest BCUT2D eigenvalue weighted by Crippen LogP contribution is -2.46. The summed E-state index contributed by atoms with van der Waals surface area (Å²) in [6.07, 6.45) is 1.94. The predicted molar refractivity (Wildman–Crippen MR) is 151 cm³/mol. The smallest absolute Gasteiger partial charge is 0.254 e. The van der Waals surface area contributed by atoms with Crippen LogP contribution in [0.4, 0.5) is 5.69 Å². The van der Waals surface area contributed by atoms with Crippen molar-refractivity contribution in [1.82, 2.24) is 10.2 Å². The maximum atomic E-state index is 13.1. The van der Waals surface area contributed by atoms with Crippen molar-refractivity contribution >= 4 is 17.5 Å². The number of nitrogens with two attached hydrogens (primary N) is 2. The van der Waals surface area contributed by atoms with Crippen molar-refractivity contribution in [3.8, 4) is 0 Å². The Morgan fingerprint density at radius 3 is 2.18 bits per heavy atom. The summed E-state index contributed by atoms with van der Waals surface area (Å²) in [5, 5.41) is 3.18. The predicted octanol–water partition coefficient (Wildman–Crippen LogP) is 3.73. The van der Waals surface area contributed by atoms with Gasteiger partial charge < -0.3 is 26.4 Å². The Kier molecular flexibility index (Phi) is 9.51. The number of ether oxygens (including phenoxy) is 1. The molecule has 7 nitrogen and oxygen atoms in total. The van der Waals surface area contributed by atoms with E-state index in [4.69, 9.17) is 16.2 Å². The third-order valence-corrected chi connectivity index (χ3v) is 7.19. The largest absolute Gasteiger partial charge is 0.399 e. The van der Waals surface area contributed by atoms with Gasteiger partial charge in [0.2, 0.25) is 5.91 Å². The van der Waals surface area contributed by atoms with Crippen molar-refractivity contribution in [1.29, 1.82) is 0 Å². The summed E-state index contributed by atoms with van der Waals surface area (Å²) in [4.78, 5) is 27.6. The highest BCUT2D eigenvalue weighted by Crippen LogP contribution is 2.30. The van der Waals surface area contributed by atoms with Crippen molar-refractivity contribution in [2.45, 2.75) is 44.2 Å². The molecule has 1 heterocycles. The van der Waals surface area contributed by atoms with E-state index in [0.29, 0.717) is 38.3 Å². The first kappa shape index (κ1) is 27.4. The van der Waals surface area contributed by atoms with E-state index in [0.717, 1.165) is 29.7 Å². The second-order valence-corrected chi connectivity index (χ2v) is 9.89. The Hall–Kier alpha value is -3.68. The molecule has 0 aromatic heterocycles. The zero-order valence-electron chi connectivity index (χ0n) is 22.0. The lowest BCUT2D eigenvalue weighted by Gasteiger charge is -2.27. The zero-order chi connectivity index (χ0) is 26.9. The van der Waals surface area contributed by atoms with Crippen LogP contribution < -0.4 is 16.8 Å². The molecular weight excluding hydrogens is 476 g/mol. The lowest BCUT2D eigenvalue weighted by atomic mass is 9.85. The van der Waals surface area contributed by atoms with Gasteiger partial charge in [-0.05, 0) is 60.2 Å². The number of carbonyl (C=O) groups is 2. The highest BCUT2D eigenvalue weighted by molar-refractivity contribution is 5.94. The molecule has 1 aliphatic heterocycles. The molecule has 2 amide bonds. The first-order chi connectivity index (χ1) is 18.4. The molecule has 38 heavy (non-hydrogen) atoms. The van der Waals surface area contributed by atoms with Crippen molar-refractivity contribution < 1.29 is 14.3 Å². The van der Waals surface area contributed by atoms with Crippen LogP contribution >= 0.6 is 0 Å². The number of rotatable bonds is 10. The van der Waals surface area contributed by atoms with Crippen LogP contribution in [0.2, 0.25) is 0 Å². The maximum absolute atomic E-state index is 13.1. The molecule has 5 N–H and O–H groups in total. The van der Waals surface area contributed by atoms with Crippen LogP contribution in [0, 0.1) is 0 Å². The van der Waals surface area contributed by atoms with Crippen LogP contribution in [0.1, 0.15) is 52.7 Å². The summed E-state index contributed by atoms with van der Waals surface area (Å²) in [5.74, 6) is -0.0500. The summed E-state index contributed by atoms with van der Waals surface area (Å²) in [7, 11) is 0. The Labute approximate surface area is 225 Å².